The topological polar surface area (TPSA) is 45.5 Å². The van der Waals surface area contributed by atoms with Gasteiger partial charge in [-0.1, -0.05) is 18.2 Å². The van der Waals surface area contributed by atoms with Gasteiger partial charge in [0.15, 0.2) is 0 Å². The van der Waals surface area contributed by atoms with Crippen LogP contribution in [0.3, 0.4) is 0 Å². The van der Waals surface area contributed by atoms with Crippen LogP contribution in [0.5, 0.6) is 0 Å². The number of fused-ring (bicyclic) bond motifs is 1. The summed E-state index contributed by atoms with van der Waals surface area (Å²) in [6, 6.07) is 8.51. The molecule has 4 heteroatoms. The lowest BCUT2D eigenvalue weighted by atomic mass is 9.97. The third-order valence-electron chi connectivity index (χ3n) is 4.54. The SMILES string of the molecule is CCn1cc(CN2CCC(C(=O)O)CC2)c2ccccc21. The zero-order valence-corrected chi connectivity index (χ0v) is 12.5. The molecule has 0 aliphatic carbocycles. The molecule has 1 aromatic heterocycles. The van der Waals surface area contributed by atoms with E-state index in [9.17, 15) is 4.79 Å². The van der Waals surface area contributed by atoms with Gasteiger partial charge in [-0.2, -0.15) is 0 Å². The maximum atomic E-state index is 11.0. The molecular weight excluding hydrogens is 264 g/mol. The van der Waals surface area contributed by atoms with E-state index < -0.39 is 5.97 Å². The molecular formula is C17H22N2O2. The Morgan fingerprint density at radius 1 is 1.29 bits per heavy atom. The van der Waals surface area contributed by atoms with Gasteiger partial charge in [0, 0.05) is 30.2 Å². The molecule has 0 spiro atoms. The fraction of sp³-hybridized carbons (Fsp3) is 0.471. The fourth-order valence-corrected chi connectivity index (χ4v) is 3.29. The summed E-state index contributed by atoms with van der Waals surface area (Å²) < 4.78 is 2.29. The van der Waals surface area contributed by atoms with Crippen LogP contribution in [-0.2, 0) is 17.9 Å². The first-order valence-electron chi connectivity index (χ1n) is 7.71. The summed E-state index contributed by atoms with van der Waals surface area (Å²) in [5.74, 6) is -0.796. The number of aliphatic carboxylic acids is 1. The van der Waals surface area contributed by atoms with E-state index in [4.69, 9.17) is 5.11 Å². The average molecular weight is 286 g/mol. The van der Waals surface area contributed by atoms with Gasteiger partial charge < -0.3 is 9.67 Å². The minimum Gasteiger partial charge on any atom is -0.481 e. The Hall–Kier alpha value is -1.81. The van der Waals surface area contributed by atoms with Gasteiger partial charge in [0.1, 0.15) is 0 Å². The van der Waals surface area contributed by atoms with E-state index >= 15 is 0 Å². The molecule has 1 aromatic carbocycles. The number of aromatic nitrogens is 1. The largest absolute Gasteiger partial charge is 0.481 e. The van der Waals surface area contributed by atoms with E-state index in [0.29, 0.717) is 0 Å². The second-order valence-electron chi connectivity index (χ2n) is 5.85. The maximum Gasteiger partial charge on any atom is 0.306 e. The summed E-state index contributed by atoms with van der Waals surface area (Å²) in [5, 5.41) is 10.4. The number of carbonyl (C=O) groups is 1. The van der Waals surface area contributed by atoms with Crippen LogP contribution in [0.4, 0.5) is 0 Å². The molecule has 1 aliphatic heterocycles. The van der Waals surface area contributed by atoms with Gasteiger partial charge in [0.2, 0.25) is 0 Å². The number of rotatable bonds is 4. The highest BCUT2D eigenvalue weighted by Gasteiger charge is 2.24. The second kappa shape index (κ2) is 5.90. The van der Waals surface area contributed by atoms with Gasteiger partial charge in [0.25, 0.3) is 0 Å². The molecule has 0 unspecified atom stereocenters. The van der Waals surface area contributed by atoms with E-state index in [-0.39, 0.29) is 5.92 Å². The van der Waals surface area contributed by atoms with Crippen molar-refractivity contribution in [1.29, 1.82) is 0 Å². The first-order chi connectivity index (χ1) is 10.2. The summed E-state index contributed by atoms with van der Waals surface area (Å²) in [5.41, 5.74) is 2.64. The number of hydrogen-bond acceptors (Lipinski definition) is 2. The third kappa shape index (κ3) is 2.81. The Kier molecular flexibility index (Phi) is 3.97. The normalized spacial score (nSPS) is 17.4. The number of aryl methyl sites for hydroxylation is 1. The van der Waals surface area contributed by atoms with Crippen molar-refractivity contribution in [3.8, 4) is 0 Å². The van der Waals surface area contributed by atoms with Crippen molar-refractivity contribution in [3.63, 3.8) is 0 Å². The number of likely N-dealkylation sites (tertiary alicyclic amines) is 1. The zero-order valence-electron chi connectivity index (χ0n) is 12.5. The minimum absolute atomic E-state index is 0.154. The van der Waals surface area contributed by atoms with Crippen molar-refractivity contribution in [2.75, 3.05) is 13.1 Å². The number of hydrogen-bond donors (Lipinski definition) is 1. The number of piperidine rings is 1. The Bertz CT molecular complexity index is 639. The quantitative estimate of drug-likeness (QED) is 0.940. The Morgan fingerprint density at radius 2 is 2.00 bits per heavy atom. The van der Waals surface area contributed by atoms with Crippen molar-refractivity contribution in [2.24, 2.45) is 5.92 Å². The molecule has 0 radical (unpaired) electrons. The minimum atomic E-state index is -0.641. The summed E-state index contributed by atoms with van der Waals surface area (Å²) in [6.45, 7) is 5.81. The summed E-state index contributed by atoms with van der Waals surface area (Å²) in [4.78, 5) is 13.4. The molecule has 0 atom stereocenters. The van der Waals surface area contributed by atoms with Crippen LogP contribution in [0, 0.1) is 5.92 Å². The van der Waals surface area contributed by atoms with E-state index in [2.05, 4.69) is 46.9 Å². The lowest BCUT2D eigenvalue weighted by Gasteiger charge is -2.29. The molecule has 21 heavy (non-hydrogen) atoms. The Morgan fingerprint density at radius 3 is 2.67 bits per heavy atom. The molecule has 3 rings (SSSR count). The molecule has 4 nitrogen and oxygen atoms in total. The van der Waals surface area contributed by atoms with Gasteiger partial charge in [-0.15, -0.1) is 0 Å². The van der Waals surface area contributed by atoms with Crippen LogP contribution in [0.15, 0.2) is 30.5 Å². The van der Waals surface area contributed by atoms with Gasteiger partial charge in [-0.05, 0) is 44.5 Å². The Labute approximate surface area is 125 Å². The summed E-state index contributed by atoms with van der Waals surface area (Å²) >= 11 is 0. The highest BCUT2D eigenvalue weighted by atomic mass is 16.4. The molecule has 1 N–H and O–H groups in total. The highest BCUT2D eigenvalue weighted by molar-refractivity contribution is 5.83. The van der Waals surface area contributed by atoms with Crippen molar-refractivity contribution < 1.29 is 9.90 Å². The molecule has 1 saturated heterocycles. The van der Waals surface area contributed by atoms with Crippen LogP contribution in [-0.4, -0.2) is 33.6 Å². The second-order valence-corrected chi connectivity index (χ2v) is 5.85. The standard InChI is InChI=1S/C17H22N2O2/c1-2-19-12-14(15-5-3-4-6-16(15)19)11-18-9-7-13(8-10-18)17(20)21/h3-6,12-13H,2,7-11H2,1H3,(H,20,21). The fourth-order valence-electron chi connectivity index (χ4n) is 3.29. The lowest BCUT2D eigenvalue weighted by molar-refractivity contribution is -0.143. The van der Waals surface area contributed by atoms with Gasteiger partial charge in [0.05, 0.1) is 5.92 Å². The van der Waals surface area contributed by atoms with Crippen LogP contribution >= 0.6 is 0 Å². The molecule has 2 aromatic rings. The van der Waals surface area contributed by atoms with Crippen molar-refractivity contribution in [3.05, 3.63) is 36.0 Å². The number of benzene rings is 1. The maximum absolute atomic E-state index is 11.0. The third-order valence-corrected chi connectivity index (χ3v) is 4.54. The van der Waals surface area contributed by atoms with Crippen molar-refractivity contribution in [2.45, 2.75) is 32.9 Å². The van der Waals surface area contributed by atoms with Gasteiger partial charge in [-0.25, -0.2) is 0 Å². The number of carboxylic acids is 1. The van der Waals surface area contributed by atoms with Crippen molar-refractivity contribution in [1.82, 2.24) is 9.47 Å². The molecule has 112 valence electrons. The van der Waals surface area contributed by atoms with Crippen LogP contribution in [0.2, 0.25) is 0 Å². The highest BCUT2D eigenvalue weighted by Crippen LogP contribution is 2.25. The van der Waals surface area contributed by atoms with E-state index in [0.717, 1.165) is 39.0 Å². The molecule has 1 fully saturated rings. The van der Waals surface area contributed by atoms with Crippen LogP contribution in [0.25, 0.3) is 10.9 Å². The van der Waals surface area contributed by atoms with E-state index in [1.807, 2.05) is 0 Å². The monoisotopic (exact) mass is 286 g/mol. The zero-order chi connectivity index (χ0) is 14.8. The number of para-hydroxylation sites is 1. The molecule has 2 heterocycles. The number of carboxylic acid groups (broad SMARTS) is 1. The molecule has 0 amide bonds. The lowest BCUT2D eigenvalue weighted by Crippen LogP contribution is -2.35. The first-order valence-corrected chi connectivity index (χ1v) is 7.71. The van der Waals surface area contributed by atoms with Crippen LogP contribution in [0.1, 0.15) is 25.3 Å². The van der Waals surface area contributed by atoms with Crippen LogP contribution < -0.4 is 0 Å². The predicted octanol–water partition coefficient (Wildman–Crippen LogP) is 2.96. The number of nitrogens with zero attached hydrogens (tertiary/aromatic N) is 2. The van der Waals surface area contributed by atoms with Gasteiger partial charge in [-0.3, -0.25) is 9.69 Å². The van der Waals surface area contributed by atoms with E-state index in [1.54, 1.807) is 0 Å². The Balaban J connectivity index is 1.75. The predicted molar refractivity (Wildman–Crippen MR) is 83.2 cm³/mol. The van der Waals surface area contributed by atoms with E-state index in [1.165, 1.54) is 16.5 Å². The van der Waals surface area contributed by atoms with Crippen molar-refractivity contribution >= 4 is 16.9 Å². The molecule has 0 saturated carbocycles. The summed E-state index contributed by atoms with van der Waals surface area (Å²) in [6.07, 6.45) is 3.78. The van der Waals surface area contributed by atoms with Gasteiger partial charge >= 0.3 is 5.97 Å². The first kappa shape index (κ1) is 14.1. The molecule has 0 bridgehead atoms. The molecule has 1 aliphatic rings. The smallest absolute Gasteiger partial charge is 0.306 e. The summed E-state index contributed by atoms with van der Waals surface area (Å²) in [7, 11) is 0. The average Bonchev–Trinajstić information content (AvgIpc) is 2.86.